The van der Waals surface area contributed by atoms with Gasteiger partial charge in [0, 0.05) is 56.0 Å². The minimum absolute atomic E-state index is 0.00262. The standard InChI is InChI=1S/C23H31N3O4/c1-2-3-16-6-7-18-21-20(23(29)24-8-10-30-11-9-24)17(14-27)19(13-26(18)22(16)28)25(21)12-15-4-5-15/h2-3,6-7,15,17,19-21,27H,4-5,8-14H2,1H3/b3-2+/t17-,19-,20+,21+/m0/s1. The second-order valence-electron chi connectivity index (χ2n) is 9.09. The van der Waals surface area contributed by atoms with Gasteiger partial charge in [0.2, 0.25) is 5.91 Å². The maximum absolute atomic E-state index is 13.7. The first-order chi connectivity index (χ1) is 14.6. The molecule has 4 aliphatic rings. The average Bonchev–Trinajstić information content (AvgIpc) is 3.55. The van der Waals surface area contributed by atoms with Gasteiger partial charge < -0.3 is 19.3 Å². The molecule has 1 N–H and O–H groups in total. The predicted molar refractivity (Wildman–Crippen MR) is 113 cm³/mol. The van der Waals surface area contributed by atoms with Crippen molar-refractivity contribution in [2.75, 3.05) is 39.5 Å². The number of aliphatic hydroxyl groups excluding tert-OH is 1. The van der Waals surface area contributed by atoms with E-state index < -0.39 is 0 Å². The van der Waals surface area contributed by atoms with Crippen LogP contribution < -0.4 is 5.56 Å². The Morgan fingerprint density at radius 3 is 2.70 bits per heavy atom. The third-order valence-electron chi connectivity index (χ3n) is 7.32. The summed E-state index contributed by atoms with van der Waals surface area (Å²) in [6, 6.07) is 3.77. The van der Waals surface area contributed by atoms with Gasteiger partial charge in [0.25, 0.3) is 5.56 Å². The van der Waals surface area contributed by atoms with Crippen molar-refractivity contribution < 1.29 is 14.6 Å². The molecule has 7 heteroatoms. The molecule has 30 heavy (non-hydrogen) atoms. The molecule has 3 aliphatic heterocycles. The van der Waals surface area contributed by atoms with Gasteiger partial charge in [-0.1, -0.05) is 12.2 Å². The van der Waals surface area contributed by atoms with Gasteiger partial charge in [-0.15, -0.1) is 0 Å². The predicted octanol–water partition coefficient (Wildman–Crippen LogP) is 1.11. The summed E-state index contributed by atoms with van der Waals surface area (Å²) in [5.74, 6) is 0.294. The number of hydrogen-bond donors (Lipinski definition) is 1. The van der Waals surface area contributed by atoms with Crippen molar-refractivity contribution in [3.8, 4) is 0 Å². The average molecular weight is 414 g/mol. The van der Waals surface area contributed by atoms with E-state index in [-0.39, 0.29) is 42.0 Å². The number of carbonyl (C=O) groups excluding carboxylic acids is 1. The first-order valence-electron chi connectivity index (χ1n) is 11.2. The molecule has 162 valence electrons. The summed E-state index contributed by atoms with van der Waals surface area (Å²) in [5.41, 5.74) is 1.60. The minimum Gasteiger partial charge on any atom is -0.396 e. The fourth-order valence-electron chi connectivity index (χ4n) is 5.67. The number of ether oxygens (including phenoxy) is 1. The van der Waals surface area contributed by atoms with Crippen molar-refractivity contribution >= 4 is 12.0 Å². The van der Waals surface area contributed by atoms with E-state index in [2.05, 4.69) is 4.90 Å². The fraction of sp³-hybridized carbons (Fsp3) is 0.652. The van der Waals surface area contributed by atoms with Crippen molar-refractivity contribution in [1.29, 1.82) is 0 Å². The van der Waals surface area contributed by atoms with Crippen LogP contribution in [-0.2, 0) is 16.1 Å². The number of fused-ring (bicyclic) bond motifs is 4. The molecular weight excluding hydrogens is 382 g/mol. The van der Waals surface area contributed by atoms with Gasteiger partial charge in [-0.3, -0.25) is 14.5 Å². The van der Waals surface area contributed by atoms with Crippen LogP contribution in [-0.4, -0.2) is 70.9 Å². The summed E-state index contributed by atoms with van der Waals surface area (Å²) in [6.07, 6.45) is 6.18. The zero-order chi connectivity index (χ0) is 20.8. The second kappa shape index (κ2) is 7.94. The Bertz CT molecular complexity index is 900. The molecule has 0 radical (unpaired) electrons. The molecule has 1 aliphatic carbocycles. The lowest BCUT2D eigenvalue weighted by atomic mass is 9.86. The van der Waals surface area contributed by atoms with E-state index >= 15 is 0 Å². The molecule has 2 bridgehead atoms. The van der Waals surface area contributed by atoms with E-state index in [0.717, 1.165) is 12.2 Å². The Balaban J connectivity index is 1.58. The van der Waals surface area contributed by atoms with Gasteiger partial charge in [-0.05, 0) is 37.8 Å². The first kappa shape index (κ1) is 20.0. The van der Waals surface area contributed by atoms with E-state index in [1.165, 1.54) is 12.8 Å². The molecule has 1 aromatic rings. The van der Waals surface area contributed by atoms with E-state index in [0.29, 0.717) is 44.3 Å². The number of pyridine rings is 1. The highest BCUT2D eigenvalue weighted by Gasteiger charge is 2.57. The quantitative estimate of drug-likeness (QED) is 0.783. The van der Waals surface area contributed by atoms with Crippen LogP contribution in [0.4, 0.5) is 0 Å². The largest absolute Gasteiger partial charge is 0.396 e. The molecule has 2 saturated heterocycles. The summed E-state index contributed by atoms with van der Waals surface area (Å²) in [6.45, 7) is 5.68. The van der Waals surface area contributed by atoms with Crippen LogP contribution in [0, 0.1) is 17.8 Å². The van der Waals surface area contributed by atoms with Crippen molar-refractivity contribution in [2.24, 2.45) is 17.8 Å². The first-order valence-corrected chi connectivity index (χ1v) is 11.2. The van der Waals surface area contributed by atoms with E-state index in [1.807, 2.05) is 40.7 Å². The molecule has 0 spiro atoms. The molecule has 3 fully saturated rings. The van der Waals surface area contributed by atoms with Gasteiger partial charge in [-0.25, -0.2) is 0 Å². The summed E-state index contributed by atoms with van der Waals surface area (Å²) in [5, 5.41) is 10.4. The maximum Gasteiger partial charge on any atom is 0.258 e. The van der Waals surface area contributed by atoms with Crippen LogP contribution in [0.25, 0.3) is 6.08 Å². The molecule has 4 heterocycles. The number of amides is 1. The van der Waals surface area contributed by atoms with Crippen molar-refractivity contribution in [1.82, 2.24) is 14.4 Å². The molecule has 5 rings (SSSR count). The monoisotopic (exact) mass is 413 g/mol. The topological polar surface area (TPSA) is 75.0 Å². The Labute approximate surface area is 176 Å². The lowest BCUT2D eigenvalue weighted by Gasteiger charge is -2.39. The Hall–Kier alpha value is -1.96. The lowest BCUT2D eigenvalue weighted by molar-refractivity contribution is -0.142. The summed E-state index contributed by atoms with van der Waals surface area (Å²) >= 11 is 0. The fourth-order valence-corrected chi connectivity index (χ4v) is 5.67. The number of rotatable bonds is 5. The molecular formula is C23H31N3O4. The van der Waals surface area contributed by atoms with Gasteiger partial charge in [0.1, 0.15) is 0 Å². The van der Waals surface area contributed by atoms with Crippen LogP contribution in [0.3, 0.4) is 0 Å². The Morgan fingerprint density at radius 1 is 1.27 bits per heavy atom. The number of allylic oxidation sites excluding steroid dienone is 1. The summed E-state index contributed by atoms with van der Waals surface area (Å²) < 4.78 is 7.30. The summed E-state index contributed by atoms with van der Waals surface area (Å²) in [4.78, 5) is 31.1. The van der Waals surface area contributed by atoms with Gasteiger partial charge in [0.05, 0.1) is 25.2 Å². The molecule has 4 atom stereocenters. The van der Waals surface area contributed by atoms with E-state index in [4.69, 9.17) is 4.74 Å². The highest BCUT2D eigenvalue weighted by molar-refractivity contribution is 5.81. The Kier molecular flexibility index (Phi) is 5.29. The van der Waals surface area contributed by atoms with E-state index in [1.54, 1.807) is 0 Å². The van der Waals surface area contributed by atoms with Crippen LogP contribution >= 0.6 is 0 Å². The van der Waals surface area contributed by atoms with Crippen LogP contribution in [0.1, 0.15) is 37.1 Å². The van der Waals surface area contributed by atoms with Crippen LogP contribution in [0.2, 0.25) is 0 Å². The normalized spacial score (nSPS) is 31.3. The minimum atomic E-state index is -0.322. The van der Waals surface area contributed by atoms with Crippen molar-refractivity contribution in [2.45, 2.75) is 38.4 Å². The molecule has 0 unspecified atom stereocenters. The summed E-state index contributed by atoms with van der Waals surface area (Å²) in [7, 11) is 0. The highest BCUT2D eigenvalue weighted by atomic mass is 16.5. The van der Waals surface area contributed by atoms with E-state index in [9.17, 15) is 14.7 Å². The second-order valence-corrected chi connectivity index (χ2v) is 9.09. The highest BCUT2D eigenvalue weighted by Crippen LogP contribution is 2.50. The Morgan fingerprint density at radius 2 is 2.03 bits per heavy atom. The van der Waals surface area contributed by atoms with Gasteiger partial charge in [-0.2, -0.15) is 0 Å². The van der Waals surface area contributed by atoms with Crippen molar-refractivity contribution in [3.63, 3.8) is 0 Å². The lowest BCUT2D eigenvalue weighted by Crippen LogP contribution is -2.48. The number of morpholine rings is 1. The van der Waals surface area contributed by atoms with Crippen LogP contribution in [0.5, 0.6) is 0 Å². The number of carbonyl (C=O) groups is 1. The third kappa shape index (κ3) is 3.24. The number of aliphatic hydroxyl groups is 1. The molecule has 0 aromatic carbocycles. The zero-order valence-electron chi connectivity index (χ0n) is 17.6. The molecule has 1 saturated carbocycles. The molecule has 1 aromatic heterocycles. The van der Waals surface area contributed by atoms with Crippen LogP contribution in [0.15, 0.2) is 23.0 Å². The number of hydrogen-bond acceptors (Lipinski definition) is 5. The molecule has 7 nitrogen and oxygen atoms in total. The zero-order valence-corrected chi connectivity index (χ0v) is 17.6. The molecule has 1 amide bonds. The SMILES string of the molecule is C/C=C/c1ccc2n(c1=O)C[C@H]1[C@H](CO)[C@@H](C(=O)N3CCOCC3)[C@@H]2N1CC1CC1. The number of aromatic nitrogens is 1. The van der Waals surface area contributed by atoms with Crippen molar-refractivity contribution in [3.05, 3.63) is 39.8 Å². The third-order valence-corrected chi connectivity index (χ3v) is 7.32. The smallest absolute Gasteiger partial charge is 0.258 e. The maximum atomic E-state index is 13.7. The van der Waals surface area contributed by atoms with Gasteiger partial charge in [0.15, 0.2) is 0 Å². The van der Waals surface area contributed by atoms with Gasteiger partial charge >= 0.3 is 0 Å². The number of nitrogens with zero attached hydrogens (tertiary/aromatic N) is 3.